The van der Waals surface area contributed by atoms with Gasteiger partial charge >= 0.3 is 0 Å². The summed E-state index contributed by atoms with van der Waals surface area (Å²) in [7, 11) is 1.45. The van der Waals surface area contributed by atoms with Gasteiger partial charge in [-0.05, 0) is 6.61 Å². The molecule has 0 amide bonds. The maximum absolute atomic E-state index is 9.15. The van der Waals surface area contributed by atoms with E-state index in [0.717, 1.165) is 0 Å². The standard InChI is InChI=1S/C3H5O2.Zn/c1-5-3-2-4;/h3H2,1H3;/q-1;. The van der Waals surface area contributed by atoms with Gasteiger partial charge in [0.15, 0.2) is 0 Å². The zero-order chi connectivity index (χ0) is 4.12. The van der Waals surface area contributed by atoms with Gasteiger partial charge in [-0.3, -0.25) is 0 Å². The van der Waals surface area contributed by atoms with Crippen LogP contribution in [-0.2, 0) is 29.0 Å². The van der Waals surface area contributed by atoms with Crippen LogP contribution in [-0.4, -0.2) is 20.0 Å². The molecule has 2 nitrogen and oxygen atoms in total. The fraction of sp³-hybridized carbons (Fsp3) is 0.667. The summed E-state index contributed by atoms with van der Waals surface area (Å²) in [6.07, 6.45) is 1.55. The van der Waals surface area contributed by atoms with Gasteiger partial charge in [-0.25, -0.2) is 6.29 Å². The van der Waals surface area contributed by atoms with Crippen molar-refractivity contribution in [3.63, 3.8) is 0 Å². The molecular weight excluding hydrogens is 133 g/mol. The molecule has 0 fully saturated rings. The maximum atomic E-state index is 9.15. The number of hydrogen-bond donors (Lipinski definition) is 0. The van der Waals surface area contributed by atoms with Crippen LogP contribution >= 0.6 is 0 Å². The molecule has 0 heterocycles. The second-order valence-electron chi connectivity index (χ2n) is 0.577. The third kappa shape index (κ3) is 8.87. The summed E-state index contributed by atoms with van der Waals surface area (Å²) >= 11 is 0. The average Bonchev–Trinajstić information content (AvgIpc) is 1.41. The fourth-order valence-corrected chi connectivity index (χ4v) is 0.0589. The summed E-state index contributed by atoms with van der Waals surface area (Å²) in [4.78, 5) is 9.15. The summed E-state index contributed by atoms with van der Waals surface area (Å²) in [5.41, 5.74) is 0. The molecule has 0 N–H and O–H groups in total. The van der Waals surface area contributed by atoms with Crippen LogP contribution in [0.25, 0.3) is 0 Å². The molecule has 0 spiro atoms. The molecule has 0 atom stereocenters. The molecule has 0 radical (unpaired) electrons. The Morgan fingerprint density at radius 3 is 2.33 bits per heavy atom. The van der Waals surface area contributed by atoms with Crippen molar-refractivity contribution in [2.45, 2.75) is 0 Å². The van der Waals surface area contributed by atoms with Gasteiger partial charge < -0.3 is 9.53 Å². The third-order valence-electron chi connectivity index (χ3n) is 0.203. The minimum Gasteiger partial charge on any atom is -0.540 e. The summed E-state index contributed by atoms with van der Waals surface area (Å²) in [5, 5.41) is 0. The summed E-state index contributed by atoms with van der Waals surface area (Å²) in [6, 6.07) is 0. The molecule has 0 aliphatic rings. The van der Waals surface area contributed by atoms with E-state index in [1.807, 2.05) is 0 Å². The van der Waals surface area contributed by atoms with E-state index in [-0.39, 0.29) is 26.1 Å². The molecule has 0 aromatic heterocycles. The SMILES string of the molecule is COC[C-]=O.[Zn]. The fourth-order valence-electron chi connectivity index (χ4n) is 0.0589. The first-order valence-corrected chi connectivity index (χ1v) is 1.25. The average molecular weight is 138 g/mol. The van der Waals surface area contributed by atoms with Crippen molar-refractivity contribution >= 4 is 6.29 Å². The van der Waals surface area contributed by atoms with Crippen molar-refractivity contribution in [1.29, 1.82) is 0 Å². The molecular formula is C3H5O2Zn-. The van der Waals surface area contributed by atoms with Gasteiger partial charge in [0.2, 0.25) is 0 Å². The van der Waals surface area contributed by atoms with Gasteiger partial charge in [-0.2, -0.15) is 0 Å². The maximum Gasteiger partial charge on any atom is 0.0322 e. The molecule has 3 heteroatoms. The normalized spacial score (nSPS) is 6.17. The molecule has 0 bridgehead atoms. The molecule has 0 saturated carbocycles. The van der Waals surface area contributed by atoms with Crippen LogP contribution < -0.4 is 0 Å². The van der Waals surface area contributed by atoms with Crippen LogP contribution in [0, 0.1) is 0 Å². The first kappa shape index (κ1) is 9.54. The number of ether oxygens (including phenoxy) is 1. The second kappa shape index (κ2) is 8.98. The Kier molecular flexibility index (Phi) is 14.3. The number of carbonyl (C=O) groups excluding carboxylic acids is 1. The monoisotopic (exact) mass is 137 g/mol. The van der Waals surface area contributed by atoms with Crippen LogP contribution in [0.3, 0.4) is 0 Å². The molecule has 0 rings (SSSR count). The molecule has 32 valence electrons. The van der Waals surface area contributed by atoms with Crippen molar-refractivity contribution < 1.29 is 29.0 Å². The smallest absolute Gasteiger partial charge is 0.0322 e. The Labute approximate surface area is 49.6 Å². The summed E-state index contributed by atoms with van der Waals surface area (Å²) in [6.45, 7) is 0.0833. The van der Waals surface area contributed by atoms with E-state index in [4.69, 9.17) is 4.79 Å². The minimum atomic E-state index is 0. The van der Waals surface area contributed by atoms with Gasteiger partial charge in [0.05, 0.1) is 0 Å². The zero-order valence-electron chi connectivity index (χ0n) is 3.73. The van der Waals surface area contributed by atoms with E-state index in [1.54, 1.807) is 6.29 Å². The molecule has 6 heavy (non-hydrogen) atoms. The Morgan fingerprint density at radius 1 is 1.83 bits per heavy atom. The van der Waals surface area contributed by atoms with Crippen molar-refractivity contribution in [3.8, 4) is 0 Å². The molecule has 0 unspecified atom stereocenters. The first-order chi connectivity index (χ1) is 2.41. The quantitative estimate of drug-likeness (QED) is 0.388. The van der Waals surface area contributed by atoms with Crippen molar-refractivity contribution in [2.75, 3.05) is 13.7 Å². The van der Waals surface area contributed by atoms with E-state index in [0.29, 0.717) is 0 Å². The van der Waals surface area contributed by atoms with Crippen molar-refractivity contribution in [3.05, 3.63) is 0 Å². The van der Waals surface area contributed by atoms with Crippen LogP contribution in [0.1, 0.15) is 0 Å². The number of methoxy groups -OCH3 is 1. The Bertz CT molecular complexity index is 30.0. The van der Waals surface area contributed by atoms with Gasteiger partial charge in [0.1, 0.15) is 0 Å². The predicted molar refractivity (Wildman–Crippen MR) is 17.6 cm³/mol. The van der Waals surface area contributed by atoms with E-state index >= 15 is 0 Å². The summed E-state index contributed by atoms with van der Waals surface area (Å²) in [5.74, 6) is 0. The minimum absolute atomic E-state index is 0. The third-order valence-corrected chi connectivity index (χ3v) is 0.203. The van der Waals surface area contributed by atoms with E-state index < -0.39 is 0 Å². The van der Waals surface area contributed by atoms with Crippen molar-refractivity contribution in [2.24, 2.45) is 0 Å². The van der Waals surface area contributed by atoms with E-state index in [2.05, 4.69) is 4.74 Å². The second-order valence-corrected chi connectivity index (χ2v) is 0.577. The number of hydrogen-bond acceptors (Lipinski definition) is 2. The van der Waals surface area contributed by atoms with Gasteiger partial charge in [0, 0.05) is 26.6 Å². The van der Waals surface area contributed by atoms with Crippen LogP contribution in [0.4, 0.5) is 0 Å². The molecule has 0 aromatic rings. The Balaban J connectivity index is 0. The first-order valence-electron chi connectivity index (χ1n) is 1.25. The van der Waals surface area contributed by atoms with Crippen LogP contribution in [0.2, 0.25) is 0 Å². The Hall–Kier alpha value is 0.253. The molecule has 0 aliphatic heterocycles. The van der Waals surface area contributed by atoms with Gasteiger partial charge in [-0.15, -0.1) is 0 Å². The van der Waals surface area contributed by atoms with E-state index in [1.165, 1.54) is 7.11 Å². The van der Waals surface area contributed by atoms with Gasteiger partial charge in [0.25, 0.3) is 0 Å². The van der Waals surface area contributed by atoms with Crippen molar-refractivity contribution in [1.82, 2.24) is 0 Å². The van der Waals surface area contributed by atoms with Gasteiger partial charge in [-0.1, -0.05) is 0 Å². The topological polar surface area (TPSA) is 26.3 Å². The van der Waals surface area contributed by atoms with E-state index in [9.17, 15) is 0 Å². The largest absolute Gasteiger partial charge is 0.540 e. The zero-order valence-corrected chi connectivity index (χ0v) is 6.70. The molecule has 0 saturated heterocycles. The molecule has 0 aliphatic carbocycles. The predicted octanol–water partition coefficient (Wildman–Crippen LogP) is -0.260. The molecule has 0 aromatic carbocycles. The Morgan fingerprint density at radius 2 is 2.33 bits per heavy atom. The number of rotatable bonds is 2. The van der Waals surface area contributed by atoms with Crippen LogP contribution in [0.5, 0.6) is 0 Å². The summed E-state index contributed by atoms with van der Waals surface area (Å²) < 4.78 is 4.27. The van der Waals surface area contributed by atoms with Crippen LogP contribution in [0.15, 0.2) is 0 Å².